The summed E-state index contributed by atoms with van der Waals surface area (Å²) in [5.74, 6) is -0.522. The van der Waals surface area contributed by atoms with Crippen molar-refractivity contribution < 1.29 is 8.42 Å². The van der Waals surface area contributed by atoms with Gasteiger partial charge in [0.05, 0.1) is 6.07 Å². The van der Waals surface area contributed by atoms with Gasteiger partial charge in [-0.05, 0) is 18.6 Å². The molecule has 0 aromatic carbocycles. The maximum Gasteiger partial charge on any atom is 0.225 e. The molecule has 1 rings (SSSR count). The highest BCUT2D eigenvalue weighted by Crippen LogP contribution is 1.99. The number of hydrogen-bond acceptors (Lipinski definition) is 4. The van der Waals surface area contributed by atoms with Crippen LogP contribution in [-0.4, -0.2) is 19.2 Å². The van der Waals surface area contributed by atoms with E-state index in [9.17, 15) is 8.42 Å². The molecule has 0 atom stereocenters. The molecular formula is C9H11N3O2S. The van der Waals surface area contributed by atoms with Crippen LogP contribution in [0.15, 0.2) is 18.3 Å². The van der Waals surface area contributed by atoms with Gasteiger partial charge in [-0.3, -0.25) is 4.98 Å². The molecule has 1 N–H and O–H groups in total. The monoisotopic (exact) mass is 225 g/mol. The standard InChI is InChI=1S/C9H11N3O2S/c1-8-2-3-9(6-11-8)7-12-15(13,14)5-4-10/h2-3,6,12H,5,7H2,1H3. The van der Waals surface area contributed by atoms with Crippen LogP contribution in [-0.2, 0) is 16.6 Å². The minimum Gasteiger partial charge on any atom is -0.261 e. The van der Waals surface area contributed by atoms with Crippen molar-refractivity contribution in [2.75, 3.05) is 5.75 Å². The van der Waals surface area contributed by atoms with Crippen LogP contribution in [0.4, 0.5) is 0 Å². The van der Waals surface area contributed by atoms with Crippen molar-refractivity contribution in [3.8, 4) is 6.07 Å². The van der Waals surface area contributed by atoms with Gasteiger partial charge < -0.3 is 0 Å². The number of nitriles is 1. The molecule has 0 amide bonds. The summed E-state index contributed by atoms with van der Waals surface area (Å²) in [4.78, 5) is 4.03. The first-order valence-corrected chi connectivity index (χ1v) is 5.94. The predicted molar refractivity (Wildman–Crippen MR) is 55.2 cm³/mol. The summed E-state index contributed by atoms with van der Waals surface area (Å²) < 4.78 is 24.5. The molecule has 15 heavy (non-hydrogen) atoms. The predicted octanol–water partition coefficient (Wildman–Crippen LogP) is 0.333. The number of nitrogens with zero attached hydrogens (tertiary/aromatic N) is 2. The molecule has 0 spiro atoms. The van der Waals surface area contributed by atoms with Crippen molar-refractivity contribution in [2.45, 2.75) is 13.5 Å². The Balaban J connectivity index is 2.59. The molecule has 5 nitrogen and oxygen atoms in total. The van der Waals surface area contributed by atoms with Gasteiger partial charge in [0.15, 0.2) is 5.75 Å². The highest BCUT2D eigenvalue weighted by Gasteiger charge is 2.08. The first-order chi connectivity index (χ1) is 7.03. The van der Waals surface area contributed by atoms with Gasteiger partial charge in [-0.2, -0.15) is 5.26 Å². The van der Waals surface area contributed by atoms with Crippen molar-refractivity contribution in [1.29, 1.82) is 5.26 Å². The maximum absolute atomic E-state index is 11.1. The summed E-state index contributed by atoms with van der Waals surface area (Å²) in [5.41, 5.74) is 1.64. The van der Waals surface area contributed by atoms with Crippen LogP contribution in [0.5, 0.6) is 0 Å². The Morgan fingerprint density at radius 3 is 2.80 bits per heavy atom. The Morgan fingerprint density at radius 2 is 2.27 bits per heavy atom. The third-order valence-corrected chi connectivity index (χ3v) is 2.82. The summed E-state index contributed by atoms with van der Waals surface area (Å²) in [6.07, 6.45) is 1.60. The van der Waals surface area contributed by atoms with Gasteiger partial charge in [0.1, 0.15) is 0 Å². The Bertz CT molecular complexity index is 459. The molecule has 0 saturated carbocycles. The summed E-state index contributed by atoms with van der Waals surface area (Å²) in [7, 11) is -3.48. The Labute approximate surface area is 88.8 Å². The SMILES string of the molecule is Cc1ccc(CNS(=O)(=O)CC#N)cn1. The van der Waals surface area contributed by atoms with E-state index in [1.165, 1.54) is 0 Å². The molecule has 6 heteroatoms. The molecule has 0 aliphatic rings. The quantitative estimate of drug-likeness (QED) is 0.800. The average Bonchev–Trinajstić information content (AvgIpc) is 2.17. The summed E-state index contributed by atoms with van der Waals surface area (Å²) in [6.45, 7) is 2.01. The van der Waals surface area contributed by atoms with Gasteiger partial charge in [-0.15, -0.1) is 0 Å². The van der Waals surface area contributed by atoms with Crippen LogP contribution in [0, 0.1) is 18.3 Å². The van der Waals surface area contributed by atoms with Crippen LogP contribution in [0.25, 0.3) is 0 Å². The van der Waals surface area contributed by atoms with E-state index >= 15 is 0 Å². The molecule has 0 saturated heterocycles. The first-order valence-electron chi connectivity index (χ1n) is 4.29. The van der Waals surface area contributed by atoms with Crippen LogP contribution >= 0.6 is 0 Å². The molecule has 0 fully saturated rings. The van der Waals surface area contributed by atoms with Crippen LogP contribution in [0.1, 0.15) is 11.3 Å². The third kappa shape index (κ3) is 4.06. The average molecular weight is 225 g/mol. The minimum atomic E-state index is -3.48. The number of pyridine rings is 1. The molecule has 0 bridgehead atoms. The Kier molecular flexibility index (Phi) is 3.77. The van der Waals surface area contributed by atoms with Crippen LogP contribution in [0.2, 0.25) is 0 Å². The number of rotatable bonds is 4. The fourth-order valence-electron chi connectivity index (χ4n) is 0.932. The van der Waals surface area contributed by atoms with E-state index < -0.39 is 15.8 Å². The van der Waals surface area contributed by atoms with E-state index in [2.05, 4.69) is 9.71 Å². The van der Waals surface area contributed by atoms with E-state index in [4.69, 9.17) is 5.26 Å². The number of sulfonamides is 1. The molecule has 0 aliphatic carbocycles. The highest BCUT2D eigenvalue weighted by molar-refractivity contribution is 7.89. The zero-order valence-corrected chi connectivity index (χ0v) is 9.08. The van der Waals surface area contributed by atoms with Gasteiger partial charge in [0.25, 0.3) is 0 Å². The van der Waals surface area contributed by atoms with Crippen LogP contribution in [0.3, 0.4) is 0 Å². The molecule has 0 unspecified atom stereocenters. The van der Waals surface area contributed by atoms with Gasteiger partial charge in [0.2, 0.25) is 10.0 Å². The van der Waals surface area contributed by atoms with E-state index in [-0.39, 0.29) is 6.54 Å². The van der Waals surface area contributed by atoms with Gasteiger partial charge >= 0.3 is 0 Å². The molecular weight excluding hydrogens is 214 g/mol. The highest BCUT2D eigenvalue weighted by atomic mass is 32.2. The molecule has 1 aromatic rings. The van der Waals surface area contributed by atoms with Crippen molar-refractivity contribution >= 4 is 10.0 Å². The largest absolute Gasteiger partial charge is 0.261 e. The molecule has 80 valence electrons. The van der Waals surface area contributed by atoms with E-state index in [1.807, 2.05) is 6.92 Å². The van der Waals surface area contributed by atoms with Crippen molar-refractivity contribution in [1.82, 2.24) is 9.71 Å². The second-order valence-electron chi connectivity index (χ2n) is 3.05. The third-order valence-electron chi connectivity index (χ3n) is 1.72. The van der Waals surface area contributed by atoms with Crippen molar-refractivity contribution in [2.24, 2.45) is 0 Å². The Morgan fingerprint density at radius 1 is 1.53 bits per heavy atom. The van der Waals surface area contributed by atoms with E-state index in [0.717, 1.165) is 11.3 Å². The number of nitrogens with one attached hydrogen (secondary N) is 1. The fraction of sp³-hybridized carbons (Fsp3) is 0.333. The zero-order chi connectivity index (χ0) is 11.3. The second-order valence-corrected chi connectivity index (χ2v) is 4.85. The van der Waals surface area contributed by atoms with Crippen molar-refractivity contribution in [3.63, 3.8) is 0 Å². The summed E-state index contributed by atoms with van der Waals surface area (Å²) in [6, 6.07) is 5.18. The number of aromatic nitrogens is 1. The normalized spacial score (nSPS) is 10.9. The van der Waals surface area contributed by atoms with Crippen molar-refractivity contribution in [3.05, 3.63) is 29.6 Å². The van der Waals surface area contributed by atoms with Gasteiger partial charge in [-0.25, -0.2) is 13.1 Å². The zero-order valence-electron chi connectivity index (χ0n) is 8.27. The molecule has 1 heterocycles. The summed E-state index contributed by atoms with van der Waals surface area (Å²) in [5, 5.41) is 8.25. The lowest BCUT2D eigenvalue weighted by Crippen LogP contribution is -2.25. The molecule has 0 radical (unpaired) electrons. The topological polar surface area (TPSA) is 82.9 Å². The molecule has 0 aliphatic heterocycles. The lowest BCUT2D eigenvalue weighted by Gasteiger charge is -2.03. The minimum absolute atomic E-state index is 0.164. The second kappa shape index (κ2) is 4.87. The molecule has 1 aromatic heterocycles. The van der Waals surface area contributed by atoms with Gasteiger partial charge in [-0.1, -0.05) is 6.07 Å². The maximum atomic E-state index is 11.1. The smallest absolute Gasteiger partial charge is 0.225 e. The lowest BCUT2D eigenvalue weighted by atomic mass is 10.2. The van der Waals surface area contributed by atoms with E-state index in [1.54, 1.807) is 24.4 Å². The summed E-state index contributed by atoms with van der Waals surface area (Å²) >= 11 is 0. The van der Waals surface area contributed by atoms with Gasteiger partial charge in [0, 0.05) is 18.4 Å². The fourth-order valence-corrected chi connectivity index (χ4v) is 1.59. The Hall–Kier alpha value is -1.45. The number of hydrogen-bond donors (Lipinski definition) is 1. The first kappa shape index (κ1) is 11.6. The van der Waals surface area contributed by atoms with E-state index in [0.29, 0.717) is 0 Å². The lowest BCUT2D eigenvalue weighted by molar-refractivity contribution is 0.584. The van der Waals surface area contributed by atoms with Crippen LogP contribution < -0.4 is 4.72 Å². The number of aryl methyl sites for hydroxylation is 1.